The molecule has 1 aromatic heterocycles. The second-order valence-electron chi connectivity index (χ2n) is 3.88. The zero-order chi connectivity index (χ0) is 14.5. The van der Waals surface area contributed by atoms with Crippen molar-refractivity contribution in [3.63, 3.8) is 0 Å². The molecule has 0 radical (unpaired) electrons. The van der Waals surface area contributed by atoms with Crippen molar-refractivity contribution in [3.05, 3.63) is 48.8 Å². The number of rotatable bonds is 4. The van der Waals surface area contributed by atoms with E-state index < -0.39 is 12.1 Å². The van der Waals surface area contributed by atoms with Crippen LogP contribution in [0, 0.1) is 0 Å². The Kier molecular flexibility index (Phi) is 3.95. The normalized spacial score (nSPS) is 10.0. The highest BCUT2D eigenvalue weighted by Gasteiger charge is 2.13. The van der Waals surface area contributed by atoms with E-state index in [0.29, 0.717) is 16.5 Å². The fourth-order valence-corrected chi connectivity index (χ4v) is 1.77. The van der Waals surface area contributed by atoms with Crippen LogP contribution in [0.25, 0.3) is 10.8 Å². The van der Waals surface area contributed by atoms with Crippen LogP contribution < -0.4 is 5.32 Å². The number of aromatic nitrogens is 1. The lowest BCUT2D eigenvalue weighted by molar-refractivity contribution is 0.0693. The predicted octanol–water partition coefficient (Wildman–Crippen LogP) is 2.67. The van der Waals surface area contributed by atoms with Crippen molar-refractivity contribution in [2.45, 2.75) is 0 Å². The summed E-state index contributed by atoms with van der Waals surface area (Å²) in [6.45, 7) is 3.54. The smallest absolute Gasteiger partial charge is 0.411 e. The Bertz CT molecular complexity index is 682. The first-order valence-corrected chi connectivity index (χ1v) is 5.79. The summed E-state index contributed by atoms with van der Waals surface area (Å²) in [5.41, 5.74) is 0.395. The van der Waals surface area contributed by atoms with Gasteiger partial charge in [-0.05, 0) is 12.1 Å². The van der Waals surface area contributed by atoms with Gasteiger partial charge in [0.15, 0.2) is 5.69 Å². The maximum absolute atomic E-state index is 11.5. The van der Waals surface area contributed by atoms with E-state index >= 15 is 0 Å². The molecule has 6 heteroatoms. The Morgan fingerprint density at radius 1 is 1.35 bits per heavy atom. The summed E-state index contributed by atoms with van der Waals surface area (Å²) < 4.78 is 4.82. The van der Waals surface area contributed by atoms with Crippen LogP contribution in [0.3, 0.4) is 0 Å². The topological polar surface area (TPSA) is 88.5 Å². The Morgan fingerprint density at radius 2 is 2.15 bits per heavy atom. The highest BCUT2D eigenvalue weighted by molar-refractivity contribution is 6.07. The fraction of sp³-hybridized carbons (Fsp3) is 0.0714. The Balaban J connectivity index is 2.40. The Morgan fingerprint density at radius 3 is 2.85 bits per heavy atom. The fourth-order valence-electron chi connectivity index (χ4n) is 1.77. The molecule has 6 nitrogen and oxygen atoms in total. The number of anilines is 1. The van der Waals surface area contributed by atoms with Crippen LogP contribution in [0.1, 0.15) is 10.5 Å². The SMILES string of the molecule is C=CCOC(=O)Nc1cccc2c(C(=O)O)nccc12. The summed E-state index contributed by atoms with van der Waals surface area (Å²) in [6, 6.07) is 6.56. The van der Waals surface area contributed by atoms with Gasteiger partial charge >= 0.3 is 12.1 Å². The molecule has 0 unspecified atom stereocenters. The molecule has 1 amide bonds. The molecule has 0 atom stereocenters. The summed E-state index contributed by atoms with van der Waals surface area (Å²) in [7, 11) is 0. The van der Waals surface area contributed by atoms with Gasteiger partial charge < -0.3 is 9.84 Å². The molecular weight excluding hydrogens is 260 g/mol. The molecule has 2 rings (SSSR count). The number of hydrogen-bond donors (Lipinski definition) is 2. The number of carbonyl (C=O) groups excluding carboxylic acids is 1. The lowest BCUT2D eigenvalue weighted by atomic mass is 10.1. The molecule has 0 saturated heterocycles. The van der Waals surface area contributed by atoms with Crippen LogP contribution in [0.4, 0.5) is 10.5 Å². The van der Waals surface area contributed by atoms with Crippen LogP contribution in [0.2, 0.25) is 0 Å². The van der Waals surface area contributed by atoms with Crippen LogP contribution in [0.5, 0.6) is 0 Å². The second-order valence-corrected chi connectivity index (χ2v) is 3.88. The number of carboxylic acid groups (broad SMARTS) is 1. The number of amides is 1. The van der Waals surface area contributed by atoms with Crippen molar-refractivity contribution in [1.29, 1.82) is 0 Å². The number of aromatic carboxylic acids is 1. The van der Waals surface area contributed by atoms with Crippen molar-refractivity contribution in [3.8, 4) is 0 Å². The van der Waals surface area contributed by atoms with Crippen molar-refractivity contribution >= 4 is 28.5 Å². The first-order chi connectivity index (χ1) is 9.63. The summed E-state index contributed by atoms with van der Waals surface area (Å²) in [5.74, 6) is -1.12. The molecule has 20 heavy (non-hydrogen) atoms. The first-order valence-electron chi connectivity index (χ1n) is 5.79. The Labute approximate surface area is 114 Å². The first kappa shape index (κ1) is 13.5. The molecule has 1 aromatic carbocycles. The minimum atomic E-state index is -1.12. The van der Waals surface area contributed by atoms with Gasteiger partial charge in [-0.25, -0.2) is 14.6 Å². The highest BCUT2D eigenvalue weighted by Crippen LogP contribution is 2.25. The molecule has 0 aliphatic carbocycles. The van der Waals surface area contributed by atoms with Gasteiger partial charge in [-0.2, -0.15) is 0 Å². The third-order valence-corrected chi connectivity index (χ3v) is 2.58. The molecular formula is C14H12N2O4. The lowest BCUT2D eigenvalue weighted by Crippen LogP contribution is -2.14. The van der Waals surface area contributed by atoms with Gasteiger partial charge in [0.25, 0.3) is 0 Å². The summed E-state index contributed by atoms with van der Waals surface area (Å²) >= 11 is 0. The minimum absolute atomic E-state index is 0.0643. The predicted molar refractivity (Wildman–Crippen MR) is 73.9 cm³/mol. The largest absolute Gasteiger partial charge is 0.476 e. The number of ether oxygens (including phenoxy) is 1. The van der Waals surface area contributed by atoms with E-state index in [-0.39, 0.29) is 12.3 Å². The average Bonchev–Trinajstić information content (AvgIpc) is 2.44. The molecule has 0 spiro atoms. The number of carbonyl (C=O) groups is 2. The van der Waals surface area contributed by atoms with E-state index in [2.05, 4.69) is 16.9 Å². The van der Waals surface area contributed by atoms with E-state index in [1.807, 2.05) is 0 Å². The Hall–Kier alpha value is -2.89. The monoisotopic (exact) mass is 272 g/mol. The average molecular weight is 272 g/mol. The number of fused-ring (bicyclic) bond motifs is 1. The van der Waals surface area contributed by atoms with Gasteiger partial charge in [-0.1, -0.05) is 24.8 Å². The third-order valence-electron chi connectivity index (χ3n) is 2.58. The van der Waals surface area contributed by atoms with Gasteiger partial charge in [0.1, 0.15) is 6.61 Å². The second kappa shape index (κ2) is 5.83. The number of benzene rings is 1. The minimum Gasteiger partial charge on any atom is -0.476 e. The lowest BCUT2D eigenvalue weighted by Gasteiger charge is -2.09. The number of nitrogens with zero attached hydrogens (tertiary/aromatic N) is 1. The summed E-state index contributed by atoms with van der Waals surface area (Å²) in [4.78, 5) is 26.4. The quantitative estimate of drug-likeness (QED) is 0.835. The van der Waals surface area contributed by atoms with Gasteiger partial charge in [0.2, 0.25) is 0 Å². The third kappa shape index (κ3) is 2.74. The van der Waals surface area contributed by atoms with Crippen LogP contribution in [0.15, 0.2) is 43.1 Å². The van der Waals surface area contributed by atoms with Gasteiger partial charge in [-0.3, -0.25) is 5.32 Å². The van der Waals surface area contributed by atoms with Crippen molar-refractivity contribution in [2.24, 2.45) is 0 Å². The molecule has 0 bridgehead atoms. The molecule has 0 saturated carbocycles. The molecule has 2 aromatic rings. The van der Waals surface area contributed by atoms with Crippen molar-refractivity contribution < 1.29 is 19.4 Å². The van der Waals surface area contributed by atoms with Gasteiger partial charge in [-0.15, -0.1) is 0 Å². The van der Waals surface area contributed by atoms with Crippen molar-refractivity contribution in [2.75, 3.05) is 11.9 Å². The van der Waals surface area contributed by atoms with E-state index in [1.54, 1.807) is 24.3 Å². The molecule has 2 N–H and O–H groups in total. The molecule has 0 fully saturated rings. The molecule has 0 aliphatic rings. The summed E-state index contributed by atoms with van der Waals surface area (Å²) in [5, 5.41) is 12.7. The molecule has 0 aliphatic heterocycles. The number of carboxylic acids is 1. The zero-order valence-electron chi connectivity index (χ0n) is 10.5. The van der Waals surface area contributed by atoms with E-state index in [9.17, 15) is 9.59 Å². The molecule has 102 valence electrons. The zero-order valence-corrected chi connectivity index (χ0v) is 10.5. The van der Waals surface area contributed by atoms with Crippen LogP contribution in [-0.4, -0.2) is 28.8 Å². The van der Waals surface area contributed by atoms with E-state index in [0.717, 1.165) is 0 Å². The maximum Gasteiger partial charge on any atom is 0.411 e. The van der Waals surface area contributed by atoms with E-state index in [1.165, 1.54) is 12.3 Å². The molecule has 1 heterocycles. The number of nitrogens with one attached hydrogen (secondary N) is 1. The summed E-state index contributed by atoms with van der Waals surface area (Å²) in [6.07, 6.45) is 2.20. The standard InChI is InChI=1S/C14H12N2O4/c1-2-8-20-14(19)16-11-5-3-4-10-9(11)6-7-15-12(10)13(17)18/h2-7H,1,8H2,(H,16,19)(H,17,18). The maximum atomic E-state index is 11.5. The van der Waals surface area contributed by atoms with Crippen LogP contribution >= 0.6 is 0 Å². The van der Waals surface area contributed by atoms with Crippen LogP contribution in [-0.2, 0) is 4.74 Å². The number of pyridine rings is 1. The van der Waals surface area contributed by atoms with Gasteiger partial charge in [0, 0.05) is 17.0 Å². The van der Waals surface area contributed by atoms with Gasteiger partial charge in [0.05, 0.1) is 5.69 Å². The van der Waals surface area contributed by atoms with Crippen molar-refractivity contribution in [1.82, 2.24) is 4.98 Å². The highest BCUT2D eigenvalue weighted by atomic mass is 16.5. The number of hydrogen-bond acceptors (Lipinski definition) is 4. The van der Waals surface area contributed by atoms with E-state index in [4.69, 9.17) is 9.84 Å².